The van der Waals surface area contributed by atoms with Crippen LogP contribution < -0.4 is 0 Å². The summed E-state index contributed by atoms with van der Waals surface area (Å²) in [5.41, 5.74) is 3.44. The van der Waals surface area contributed by atoms with Gasteiger partial charge in [-0.15, -0.1) is 0 Å². The Labute approximate surface area is 108 Å². The molecule has 2 nitrogen and oxygen atoms in total. The van der Waals surface area contributed by atoms with Crippen LogP contribution in [0.15, 0.2) is 12.5 Å². The zero-order valence-electron chi connectivity index (χ0n) is 12.5. The van der Waals surface area contributed by atoms with E-state index in [2.05, 4.69) is 70.2 Å². The van der Waals surface area contributed by atoms with E-state index in [9.17, 15) is 0 Å². The van der Waals surface area contributed by atoms with Crippen LogP contribution in [-0.4, -0.2) is 17.5 Å². The van der Waals surface area contributed by atoms with E-state index in [0.717, 1.165) is 23.0 Å². The van der Waals surface area contributed by atoms with Gasteiger partial charge >= 0.3 is 0 Å². The minimum Gasteiger partial charge on any atom is -0.363 e. The zero-order valence-corrected chi connectivity index (χ0v) is 13.5. The molecule has 0 aromatic carbocycles. The monoisotopic (exact) mass is 252 g/mol. The highest BCUT2D eigenvalue weighted by Gasteiger charge is 2.45. The van der Waals surface area contributed by atoms with Gasteiger partial charge < -0.3 is 4.23 Å². The molecule has 0 atom stereocenters. The van der Waals surface area contributed by atoms with Crippen molar-refractivity contribution in [2.45, 2.75) is 71.5 Å². The molecule has 0 saturated heterocycles. The molecule has 1 heterocycles. The Bertz CT molecular complexity index is 331. The highest BCUT2D eigenvalue weighted by Crippen LogP contribution is 2.42. The van der Waals surface area contributed by atoms with Crippen molar-refractivity contribution >= 4 is 8.24 Å². The molecule has 0 fully saturated rings. The van der Waals surface area contributed by atoms with Crippen molar-refractivity contribution in [2.75, 3.05) is 0 Å². The van der Waals surface area contributed by atoms with Gasteiger partial charge in [0.2, 0.25) is 0 Å². The molecule has 0 amide bonds. The minimum atomic E-state index is -1.54. The summed E-state index contributed by atoms with van der Waals surface area (Å²) in [5, 5.41) is 0. The van der Waals surface area contributed by atoms with Gasteiger partial charge in [0.15, 0.2) is 8.24 Å². The van der Waals surface area contributed by atoms with Crippen LogP contribution in [0.3, 0.4) is 0 Å². The first-order valence-corrected chi connectivity index (χ1v) is 9.08. The van der Waals surface area contributed by atoms with Crippen LogP contribution in [0.4, 0.5) is 0 Å². The lowest BCUT2D eigenvalue weighted by molar-refractivity contribution is 0.763. The number of rotatable bonds is 5. The van der Waals surface area contributed by atoms with E-state index >= 15 is 0 Å². The van der Waals surface area contributed by atoms with E-state index in [-0.39, 0.29) is 0 Å². The molecule has 0 spiro atoms. The van der Waals surface area contributed by atoms with Crippen molar-refractivity contribution < 1.29 is 0 Å². The number of nitrogens with zero attached hydrogens (tertiary/aromatic N) is 2. The molecule has 1 aromatic rings. The third-order valence-corrected chi connectivity index (χ3v) is 10.9. The van der Waals surface area contributed by atoms with Gasteiger partial charge in [0.1, 0.15) is 0 Å². The number of imidazole rings is 1. The van der Waals surface area contributed by atoms with Crippen molar-refractivity contribution in [1.29, 1.82) is 0 Å². The largest absolute Gasteiger partial charge is 0.363 e. The van der Waals surface area contributed by atoms with Crippen LogP contribution in [0.1, 0.15) is 54.2 Å². The van der Waals surface area contributed by atoms with Gasteiger partial charge in [0.05, 0.1) is 12.0 Å². The average Bonchev–Trinajstić information content (AvgIpc) is 2.65. The number of aryl methyl sites for hydroxylation is 1. The van der Waals surface area contributed by atoms with E-state index in [1.54, 1.807) is 0 Å². The normalized spacial score (nSPS) is 13.1. The molecule has 0 bridgehead atoms. The molecule has 0 aliphatic carbocycles. The van der Waals surface area contributed by atoms with Crippen LogP contribution in [0, 0.1) is 0 Å². The van der Waals surface area contributed by atoms with Gasteiger partial charge in [-0.1, -0.05) is 48.5 Å². The predicted molar refractivity (Wildman–Crippen MR) is 78.1 cm³/mol. The summed E-state index contributed by atoms with van der Waals surface area (Å²) in [4.78, 5) is 4.55. The van der Waals surface area contributed by atoms with Gasteiger partial charge in [-0.25, -0.2) is 4.98 Å². The quantitative estimate of drug-likeness (QED) is 0.707. The Morgan fingerprint density at radius 3 is 1.82 bits per heavy atom. The zero-order chi connectivity index (χ0) is 13.2. The number of hydrogen-bond acceptors (Lipinski definition) is 1. The molecule has 0 N–H and O–H groups in total. The van der Waals surface area contributed by atoms with E-state index in [4.69, 9.17) is 0 Å². The second kappa shape index (κ2) is 5.38. The van der Waals surface area contributed by atoms with E-state index in [0.29, 0.717) is 0 Å². The van der Waals surface area contributed by atoms with Gasteiger partial charge in [0.25, 0.3) is 0 Å². The Kier molecular flexibility index (Phi) is 4.59. The third kappa shape index (κ3) is 2.35. The van der Waals surface area contributed by atoms with Gasteiger partial charge in [0, 0.05) is 6.20 Å². The molecule has 0 radical (unpaired) electrons. The van der Waals surface area contributed by atoms with Crippen molar-refractivity contribution in [3.8, 4) is 0 Å². The fraction of sp³-hybridized carbons (Fsp3) is 0.786. The summed E-state index contributed by atoms with van der Waals surface area (Å²) in [5.74, 6) is 0. The Morgan fingerprint density at radius 1 is 1.06 bits per heavy atom. The molecule has 0 saturated carbocycles. The molecule has 98 valence electrons. The summed E-state index contributed by atoms with van der Waals surface area (Å²) in [6.45, 7) is 16.5. The lowest BCUT2D eigenvalue weighted by Gasteiger charge is -2.43. The molecule has 3 heteroatoms. The highest BCUT2D eigenvalue weighted by molar-refractivity contribution is 6.82. The minimum absolute atomic E-state index is 0.737. The second-order valence-corrected chi connectivity index (χ2v) is 11.7. The highest BCUT2D eigenvalue weighted by atomic mass is 28.3. The lowest BCUT2D eigenvalue weighted by Crippen LogP contribution is -2.51. The molecule has 0 aliphatic heterocycles. The summed E-state index contributed by atoms with van der Waals surface area (Å²) < 4.78 is 2.51. The fourth-order valence-electron chi connectivity index (χ4n) is 3.65. The summed E-state index contributed by atoms with van der Waals surface area (Å²) in [6, 6.07) is 0. The standard InChI is InChI=1S/C14H28N2Si/c1-8-14-9-16(10-15-14)17(11(2)3,12(4)5)13(6)7/h9-13H,8H2,1-7H3. The van der Waals surface area contributed by atoms with Crippen LogP contribution in [0.25, 0.3) is 0 Å². The predicted octanol–water partition coefficient (Wildman–Crippen LogP) is 4.47. The summed E-state index contributed by atoms with van der Waals surface area (Å²) >= 11 is 0. The van der Waals surface area contributed by atoms with Crippen molar-refractivity contribution in [2.24, 2.45) is 0 Å². The van der Waals surface area contributed by atoms with E-state index < -0.39 is 8.24 Å². The van der Waals surface area contributed by atoms with Crippen molar-refractivity contribution in [3.63, 3.8) is 0 Å². The summed E-state index contributed by atoms with van der Waals surface area (Å²) in [6.07, 6.45) is 5.42. The average molecular weight is 252 g/mol. The van der Waals surface area contributed by atoms with Crippen LogP contribution in [0.2, 0.25) is 16.6 Å². The van der Waals surface area contributed by atoms with Crippen LogP contribution in [-0.2, 0) is 6.42 Å². The fourth-order valence-corrected chi connectivity index (χ4v) is 10.1. The van der Waals surface area contributed by atoms with Crippen LogP contribution >= 0.6 is 0 Å². The SMILES string of the molecule is CCc1cn([Si](C(C)C)(C(C)C)C(C)C)cn1. The van der Waals surface area contributed by atoms with Gasteiger partial charge in [-0.05, 0) is 23.0 Å². The summed E-state index contributed by atoms with van der Waals surface area (Å²) in [7, 11) is -1.54. The topological polar surface area (TPSA) is 17.8 Å². The first-order valence-electron chi connectivity index (χ1n) is 6.90. The molecular weight excluding hydrogens is 224 g/mol. The molecule has 0 unspecified atom stereocenters. The van der Waals surface area contributed by atoms with E-state index in [1.165, 1.54) is 5.69 Å². The van der Waals surface area contributed by atoms with Crippen molar-refractivity contribution in [1.82, 2.24) is 9.22 Å². The van der Waals surface area contributed by atoms with Crippen LogP contribution in [0.5, 0.6) is 0 Å². The van der Waals surface area contributed by atoms with Crippen molar-refractivity contribution in [3.05, 3.63) is 18.2 Å². The van der Waals surface area contributed by atoms with E-state index in [1.807, 2.05) is 0 Å². The maximum Gasteiger partial charge on any atom is 0.170 e. The third-order valence-electron chi connectivity index (χ3n) is 4.22. The second-order valence-electron chi connectivity index (χ2n) is 5.98. The lowest BCUT2D eigenvalue weighted by atomic mass is 10.4. The molecule has 1 aromatic heterocycles. The molecule has 17 heavy (non-hydrogen) atoms. The first kappa shape index (κ1) is 14.5. The molecular formula is C14H28N2Si. The van der Waals surface area contributed by atoms with Gasteiger partial charge in [-0.3, -0.25) is 0 Å². The first-order chi connectivity index (χ1) is 7.87. The number of hydrogen-bond donors (Lipinski definition) is 0. The Morgan fingerprint density at radius 2 is 1.53 bits per heavy atom. The maximum atomic E-state index is 4.55. The Hall–Kier alpha value is -0.573. The Balaban J connectivity index is 3.30. The molecule has 0 aliphatic rings. The van der Waals surface area contributed by atoms with Gasteiger partial charge in [-0.2, -0.15) is 0 Å². The smallest absolute Gasteiger partial charge is 0.170 e. The number of aromatic nitrogens is 2. The maximum absolute atomic E-state index is 4.55. The molecule has 1 rings (SSSR count).